The summed E-state index contributed by atoms with van der Waals surface area (Å²) in [7, 11) is 0. The van der Waals surface area contributed by atoms with E-state index in [1.54, 1.807) is 6.07 Å². The maximum atomic E-state index is 11.3. The summed E-state index contributed by atoms with van der Waals surface area (Å²) in [6.07, 6.45) is -0.510. The second-order valence-electron chi connectivity index (χ2n) is 5.36. The molecule has 2 N–H and O–H groups in total. The number of halogens is 1. The fraction of sp³-hybridized carbons (Fsp3) is 0.417. The van der Waals surface area contributed by atoms with Crippen LogP contribution in [0.25, 0.3) is 5.65 Å². The summed E-state index contributed by atoms with van der Waals surface area (Å²) in [4.78, 5) is 16.6. The number of fused-ring (bicyclic) bond motifs is 3. The van der Waals surface area contributed by atoms with Gasteiger partial charge in [-0.2, -0.15) is 5.10 Å². The molecule has 0 bridgehead atoms. The number of anilines is 1. The highest BCUT2D eigenvalue weighted by molar-refractivity contribution is 6.29. The number of hydrogen-bond donors (Lipinski definition) is 2. The fourth-order valence-corrected chi connectivity index (χ4v) is 2.71. The van der Waals surface area contributed by atoms with Crippen LogP contribution in [-0.4, -0.2) is 43.6 Å². The molecule has 1 aliphatic rings. The molecule has 2 aromatic rings. The first-order chi connectivity index (χ1) is 9.32. The minimum Gasteiger partial charge on any atom is -0.465 e. The van der Waals surface area contributed by atoms with Gasteiger partial charge in [0.05, 0.1) is 30.2 Å². The summed E-state index contributed by atoms with van der Waals surface area (Å²) in [5.41, 5.74) is 0.842. The minimum atomic E-state index is -1.14. The van der Waals surface area contributed by atoms with Gasteiger partial charge in [-0.1, -0.05) is 25.4 Å². The second kappa shape index (κ2) is 4.07. The number of aromatic nitrogens is 3. The average molecular weight is 297 g/mol. The summed E-state index contributed by atoms with van der Waals surface area (Å²) in [5.74, 6) is 0. The van der Waals surface area contributed by atoms with E-state index in [2.05, 4.69) is 10.1 Å². The van der Waals surface area contributed by atoms with Crippen LogP contribution in [0.3, 0.4) is 0 Å². The molecule has 0 saturated carbocycles. The second-order valence-corrected chi connectivity index (χ2v) is 5.75. The highest BCUT2D eigenvalue weighted by Gasteiger charge is 2.43. The van der Waals surface area contributed by atoms with Crippen LogP contribution >= 0.6 is 11.6 Å². The van der Waals surface area contributed by atoms with Crippen molar-refractivity contribution in [2.24, 2.45) is 0 Å². The lowest BCUT2D eigenvalue weighted by atomic mass is 9.79. The standard InChI is InChI=1S/C12H13ClN4O3/c1-12(2)7(18)5-16(11(19)20)6-4-14-9-3-8(13)15-17(9)10(6)12/h3-4,7,18H,5H2,1-2H3,(H,19,20). The molecule has 1 aliphatic heterocycles. The largest absolute Gasteiger partial charge is 0.465 e. The van der Waals surface area contributed by atoms with Gasteiger partial charge in [-0.05, 0) is 0 Å². The summed E-state index contributed by atoms with van der Waals surface area (Å²) in [5, 5.41) is 24.0. The van der Waals surface area contributed by atoms with Crippen molar-refractivity contribution in [3.8, 4) is 0 Å². The first-order valence-electron chi connectivity index (χ1n) is 6.05. The third kappa shape index (κ3) is 1.66. The first kappa shape index (κ1) is 13.1. The zero-order chi connectivity index (χ0) is 14.7. The highest BCUT2D eigenvalue weighted by Crippen LogP contribution is 2.39. The van der Waals surface area contributed by atoms with Crippen molar-refractivity contribution in [1.29, 1.82) is 0 Å². The van der Waals surface area contributed by atoms with Crippen LogP contribution in [0.5, 0.6) is 0 Å². The lowest BCUT2D eigenvalue weighted by Gasteiger charge is -2.41. The van der Waals surface area contributed by atoms with Crippen LogP contribution in [0, 0.1) is 0 Å². The molecule has 1 amide bonds. The molecule has 3 heterocycles. The zero-order valence-electron chi connectivity index (χ0n) is 10.9. The molecule has 0 aromatic carbocycles. The van der Waals surface area contributed by atoms with E-state index in [1.807, 2.05) is 13.8 Å². The van der Waals surface area contributed by atoms with Gasteiger partial charge >= 0.3 is 6.09 Å². The molecule has 1 atom stereocenters. The number of nitrogens with zero attached hydrogens (tertiary/aromatic N) is 4. The third-order valence-corrected chi connectivity index (χ3v) is 3.94. The van der Waals surface area contributed by atoms with Crippen LogP contribution in [0.2, 0.25) is 5.15 Å². The Morgan fingerprint density at radius 1 is 1.55 bits per heavy atom. The molecular weight excluding hydrogens is 284 g/mol. The van der Waals surface area contributed by atoms with Crippen LogP contribution in [0.1, 0.15) is 19.5 Å². The number of carbonyl (C=O) groups is 1. The number of aliphatic hydroxyl groups excluding tert-OH is 1. The quantitative estimate of drug-likeness (QED) is 0.769. The predicted molar refractivity (Wildman–Crippen MR) is 72.4 cm³/mol. The van der Waals surface area contributed by atoms with E-state index in [1.165, 1.54) is 10.7 Å². The molecule has 0 saturated heterocycles. The van der Waals surface area contributed by atoms with Gasteiger partial charge in [-0.15, -0.1) is 0 Å². The van der Waals surface area contributed by atoms with E-state index in [4.69, 9.17) is 11.6 Å². The van der Waals surface area contributed by atoms with Crippen molar-refractivity contribution < 1.29 is 15.0 Å². The van der Waals surface area contributed by atoms with Crippen LogP contribution in [0.4, 0.5) is 10.5 Å². The van der Waals surface area contributed by atoms with Gasteiger partial charge in [0.1, 0.15) is 0 Å². The maximum Gasteiger partial charge on any atom is 0.412 e. The van der Waals surface area contributed by atoms with Crippen LogP contribution < -0.4 is 4.90 Å². The third-order valence-electron chi connectivity index (χ3n) is 3.75. The normalized spacial score (nSPS) is 21.0. The maximum absolute atomic E-state index is 11.3. The van der Waals surface area contributed by atoms with Gasteiger partial charge in [0.2, 0.25) is 0 Å². The van der Waals surface area contributed by atoms with Crippen molar-refractivity contribution in [2.45, 2.75) is 25.4 Å². The Morgan fingerprint density at radius 3 is 2.90 bits per heavy atom. The molecular formula is C12H13ClN4O3. The van der Waals surface area contributed by atoms with E-state index < -0.39 is 17.6 Å². The van der Waals surface area contributed by atoms with Gasteiger partial charge in [0.15, 0.2) is 10.8 Å². The zero-order valence-corrected chi connectivity index (χ0v) is 11.7. The molecule has 0 spiro atoms. The Hall–Kier alpha value is -1.86. The summed E-state index contributed by atoms with van der Waals surface area (Å²) >= 11 is 5.89. The Labute approximate surface area is 119 Å². The molecule has 106 valence electrons. The Morgan fingerprint density at radius 2 is 2.25 bits per heavy atom. The lowest BCUT2D eigenvalue weighted by molar-refractivity contribution is 0.0933. The van der Waals surface area contributed by atoms with Gasteiger partial charge < -0.3 is 10.2 Å². The summed E-state index contributed by atoms with van der Waals surface area (Å²) < 4.78 is 1.50. The van der Waals surface area contributed by atoms with E-state index >= 15 is 0 Å². The Bertz CT molecular complexity index is 712. The van der Waals surface area contributed by atoms with E-state index in [-0.39, 0.29) is 11.7 Å². The molecule has 7 nitrogen and oxygen atoms in total. The van der Waals surface area contributed by atoms with Crippen LogP contribution in [-0.2, 0) is 5.41 Å². The Kier molecular flexibility index (Phi) is 2.67. The molecule has 0 aliphatic carbocycles. The number of β-amino-alcohol motifs (C(OH)–C–C–N with tert-alkyl or cyclic N) is 1. The highest BCUT2D eigenvalue weighted by atomic mass is 35.5. The Balaban J connectivity index is 2.37. The number of rotatable bonds is 0. The van der Waals surface area contributed by atoms with Gasteiger partial charge in [-0.3, -0.25) is 4.90 Å². The topological polar surface area (TPSA) is 91.0 Å². The van der Waals surface area contributed by atoms with E-state index in [0.29, 0.717) is 17.0 Å². The molecule has 0 fully saturated rings. The van der Waals surface area contributed by atoms with Crippen molar-refractivity contribution in [3.63, 3.8) is 0 Å². The molecule has 20 heavy (non-hydrogen) atoms. The van der Waals surface area contributed by atoms with Gasteiger partial charge in [0, 0.05) is 11.5 Å². The summed E-state index contributed by atoms with van der Waals surface area (Å²) in [6, 6.07) is 1.59. The minimum absolute atomic E-state index is 0.00246. The van der Waals surface area contributed by atoms with Gasteiger partial charge in [-0.25, -0.2) is 14.3 Å². The van der Waals surface area contributed by atoms with Gasteiger partial charge in [0.25, 0.3) is 0 Å². The molecule has 0 radical (unpaired) electrons. The lowest BCUT2D eigenvalue weighted by Crippen LogP contribution is -2.51. The molecule has 3 rings (SSSR count). The molecule has 2 aromatic heterocycles. The fourth-order valence-electron chi connectivity index (χ4n) is 2.54. The number of amides is 1. The first-order valence-corrected chi connectivity index (χ1v) is 6.43. The SMILES string of the molecule is CC1(C)c2c(cnc3cc(Cl)nn23)N(C(=O)O)CC1O. The van der Waals surface area contributed by atoms with E-state index in [0.717, 1.165) is 4.90 Å². The van der Waals surface area contributed by atoms with Crippen molar-refractivity contribution >= 4 is 29.0 Å². The van der Waals surface area contributed by atoms with Crippen molar-refractivity contribution in [1.82, 2.24) is 14.6 Å². The van der Waals surface area contributed by atoms with Crippen molar-refractivity contribution in [3.05, 3.63) is 23.1 Å². The van der Waals surface area contributed by atoms with Crippen molar-refractivity contribution in [2.75, 3.05) is 11.4 Å². The smallest absolute Gasteiger partial charge is 0.412 e. The average Bonchev–Trinajstić information content (AvgIpc) is 2.72. The van der Waals surface area contributed by atoms with E-state index in [9.17, 15) is 15.0 Å². The number of carboxylic acid groups (broad SMARTS) is 1. The summed E-state index contributed by atoms with van der Waals surface area (Å²) in [6.45, 7) is 3.67. The predicted octanol–water partition coefficient (Wildman–Crippen LogP) is 1.52. The molecule has 8 heteroatoms. The molecule has 1 unspecified atom stereocenters. The monoisotopic (exact) mass is 296 g/mol. The van der Waals surface area contributed by atoms with Crippen LogP contribution in [0.15, 0.2) is 12.3 Å². The number of aliphatic hydroxyl groups is 1. The number of hydrogen-bond acceptors (Lipinski definition) is 4.